The van der Waals surface area contributed by atoms with Gasteiger partial charge >= 0.3 is 0 Å². The van der Waals surface area contributed by atoms with Crippen molar-refractivity contribution in [1.29, 1.82) is 0 Å². The van der Waals surface area contributed by atoms with E-state index in [9.17, 15) is 0 Å². The molecule has 2 heterocycles. The zero-order chi connectivity index (χ0) is 12.8. The van der Waals surface area contributed by atoms with E-state index in [1.165, 1.54) is 25.7 Å². The molecule has 118 valence electrons. The highest BCUT2D eigenvalue weighted by Crippen LogP contribution is 2.28. The number of rotatable bonds is 6. The highest BCUT2D eigenvalue weighted by atomic mass is 35.5. The molecule has 1 saturated heterocycles. The molecular weight excluding hydrogens is 295 g/mol. The van der Waals surface area contributed by atoms with Crippen LogP contribution in [0.15, 0.2) is 16.5 Å². The van der Waals surface area contributed by atoms with E-state index in [2.05, 4.69) is 29.3 Å². The topological polar surface area (TPSA) is 28.4 Å². The van der Waals surface area contributed by atoms with E-state index in [0.29, 0.717) is 6.04 Å². The Hall–Kier alpha value is -0.220. The first kappa shape index (κ1) is 19.8. The summed E-state index contributed by atoms with van der Waals surface area (Å²) in [7, 11) is 0. The molecule has 0 amide bonds. The summed E-state index contributed by atoms with van der Waals surface area (Å²) in [5, 5.41) is 3.42. The quantitative estimate of drug-likeness (QED) is 0.803. The maximum Gasteiger partial charge on any atom is 0.121 e. The van der Waals surface area contributed by atoms with E-state index in [4.69, 9.17) is 4.42 Å². The SMILES string of the molecule is CCCCC[C@@H](c1ccc(C)o1)N1CCNCC1.Cl.Cl. The minimum Gasteiger partial charge on any atom is -0.465 e. The predicted molar refractivity (Wildman–Crippen MR) is 89.3 cm³/mol. The molecule has 1 fully saturated rings. The number of aryl methyl sites for hydroxylation is 1. The van der Waals surface area contributed by atoms with E-state index in [1.54, 1.807) is 0 Å². The molecule has 2 rings (SSSR count). The van der Waals surface area contributed by atoms with Crippen LogP contribution in [0.2, 0.25) is 0 Å². The van der Waals surface area contributed by atoms with Crippen molar-refractivity contribution in [1.82, 2.24) is 10.2 Å². The summed E-state index contributed by atoms with van der Waals surface area (Å²) in [5.41, 5.74) is 0. The normalized spacial score (nSPS) is 17.1. The highest BCUT2D eigenvalue weighted by Gasteiger charge is 2.23. The molecule has 0 aliphatic carbocycles. The second-order valence-electron chi connectivity index (χ2n) is 5.25. The van der Waals surface area contributed by atoms with Gasteiger partial charge in [-0.1, -0.05) is 26.2 Å². The zero-order valence-corrected chi connectivity index (χ0v) is 14.2. The molecule has 0 radical (unpaired) electrons. The van der Waals surface area contributed by atoms with Crippen molar-refractivity contribution >= 4 is 24.8 Å². The fourth-order valence-corrected chi connectivity index (χ4v) is 2.72. The van der Waals surface area contributed by atoms with Gasteiger partial charge in [0.15, 0.2) is 0 Å². The van der Waals surface area contributed by atoms with Crippen LogP contribution < -0.4 is 5.32 Å². The number of nitrogens with zero attached hydrogens (tertiary/aromatic N) is 1. The fraction of sp³-hybridized carbons (Fsp3) is 0.733. The summed E-state index contributed by atoms with van der Waals surface area (Å²) in [6.45, 7) is 8.77. The van der Waals surface area contributed by atoms with Gasteiger partial charge in [0.25, 0.3) is 0 Å². The molecule has 0 saturated carbocycles. The summed E-state index contributed by atoms with van der Waals surface area (Å²) in [6, 6.07) is 4.73. The Kier molecular flexibility index (Phi) is 10.4. The van der Waals surface area contributed by atoms with Crippen LogP contribution >= 0.6 is 24.8 Å². The van der Waals surface area contributed by atoms with Crippen LogP contribution in [0, 0.1) is 6.92 Å². The molecule has 0 bridgehead atoms. The number of unbranched alkanes of at least 4 members (excludes halogenated alkanes) is 2. The summed E-state index contributed by atoms with van der Waals surface area (Å²) in [4.78, 5) is 2.57. The lowest BCUT2D eigenvalue weighted by atomic mass is 10.0. The standard InChI is InChI=1S/C15H26N2O.2ClH/c1-3-4-5-6-14(15-8-7-13(2)18-15)17-11-9-16-10-12-17;;/h7-8,14,16H,3-6,9-12H2,1-2H3;2*1H/t14-;;/m0../s1. The smallest absolute Gasteiger partial charge is 0.121 e. The highest BCUT2D eigenvalue weighted by molar-refractivity contribution is 5.85. The van der Waals surface area contributed by atoms with Crippen LogP contribution in [-0.2, 0) is 0 Å². The Morgan fingerprint density at radius 2 is 1.90 bits per heavy atom. The van der Waals surface area contributed by atoms with Crippen LogP contribution in [0.4, 0.5) is 0 Å². The molecule has 5 heteroatoms. The lowest BCUT2D eigenvalue weighted by Crippen LogP contribution is -2.45. The summed E-state index contributed by atoms with van der Waals surface area (Å²) in [6.07, 6.45) is 5.12. The molecule has 1 aromatic rings. The Bertz CT molecular complexity index is 351. The van der Waals surface area contributed by atoms with E-state index in [0.717, 1.165) is 37.7 Å². The molecule has 1 atom stereocenters. The predicted octanol–water partition coefficient (Wildman–Crippen LogP) is 3.96. The van der Waals surface area contributed by atoms with Gasteiger partial charge in [0.2, 0.25) is 0 Å². The maximum absolute atomic E-state index is 5.87. The fourth-order valence-electron chi connectivity index (χ4n) is 2.72. The van der Waals surface area contributed by atoms with Gasteiger partial charge in [-0.05, 0) is 25.5 Å². The first-order chi connectivity index (χ1) is 8.81. The van der Waals surface area contributed by atoms with E-state index < -0.39 is 0 Å². The van der Waals surface area contributed by atoms with Crippen LogP contribution in [0.3, 0.4) is 0 Å². The van der Waals surface area contributed by atoms with Crippen LogP contribution in [0.25, 0.3) is 0 Å². The van der Waals surface area contributed by atoms with Crippen molar-refractivity contribution in [3.63, 3.8) is 0 Å². The average molecular weight is 323 g/mol. The molecular formula is C15H28Cl2N2O. The van der Waals surface area contributed by atoms with Crippen molar-refractivity contribution in [2.24, 2.45) is 0 Å². The second kappa shape index (κ2) is 10.5. The molecule has 0 aromatic carbocycles. The molecule has 0 unspecified atom stereocenters. The molecule has 20 heavy (non-hydrogen) atoms. The monoisotopic (exact) mass is 322 g/mol. The Morgan fingerprint density at radius 3 is 2.45 bits per heavy atom. The first-order valence-corrected chi connectivity index (χ1v) is 7.32. The first-order valence-electron chi connectivity index (χ1n) is 7.32. The third-order valence-corrected chi connectivity index (χ3v) is 3.76. The molecule has 1 aromatic heterocycles. The third-order valence-electron chi connectivity index (χ3n) is 3.76. The van der Waals surface area contributed by atoms with E-state index >= 15 is 0 Å². The number of nitrogens with one attached hydrogen (secondary N) is 1. The van der Waals surface area contributed by atoms with Crippen molar-refractivity contribution < 1.29 is 4.42 Å². The summed E-state index contributed by atoms with van der Waals surface area (Å²) in [5.74, 6) is 2.19. The van der Waals surface area contributed by atoms with E-state index in [-0.39, 0.29) is 24.8 Å². The van der Waals surface area contributed by atoms with Gasteiger partial charge in [0.1, 0.15) is 11.5 Å². The van der Waals surface area contributed by atoms with Gasteiger partial charge in [-0.25, -0.2) is 0 Å². The number of hydrogen-bond acceptors (Lipinski definition) is 3. The molecule has 0 spiro atoms. The number of furan rings is 1. The largest absolute Gasteiger partial charge is 0.465 e. The number of hydrogen-bond donors (Lipinski definition) is 1. The van der Waals surface area contributed by atoms with Crippen molar-refractivity contribution in [2.45, 2.75) is 45.6 Å². The lowest BCUT2D eigenvalue weighted by molar-refractivity contribution is 0.143. The lowest BCUT2D eigenvalue weighted by Gasteiger charge is -2.34. The summed E-state index contributed by atoms with van der Waals surface area (Å²) >= 11 is 0. The second-order valence-corrected chi connectivity index (χ2v) is 5.25. The third kappa shape index (κ3) is 5.65. The van der Waals surface area contributed by atoms with Gasteiger partial charge in [-0.15, -0.1) is 24.8 Å². The molecule has 3 nitrogen and oxygen atoms in total. The van der Waals surface area contributed by atoms with E-state index in [1.807, 2.05) is 6.92 Å². The van der Waals surface area contributed by atoms with Gasteiger partial charge in [0.05, 0.1) is 6.04 Å². The summed E-state index contributed by atoms with van der Waals surface area (Å²) < 4.78 is 5.87. The maximum atomic E-state index is 5.87. The van der Waals surface area contributed by atoms with Gasteiger partial charge in [-0.2, -0.15) is 0 Å². The number of piperazine rings is 1. The van der Waals surface area contributed by atoms with Crippen LogP contribution in [0.5, 0.6) is 0 Å². The Morgan fingerprint density at radius 1 is 1.20 bits per heavy atom. The Balaban J connectivity index is 0.00000180. The van der Waals surface area contributed by atoms with Gasteiger partial charge < -0.3 is 9.73 Å². The molecule has 1 aliphatic rings. The van der Waals surface area contributed by atoms with Crippen molar-refractivity contribution in [3.05, 3.63) is 23.7 Å². The average Bonchev–Trinajstić information content (AvgIpc) is 2.82. The minimum absolute atomic E-state index is 0. The Labute approximate surface area is 135 Å². The van der Waals surface area contributed by atoms with Crippen molar-refractivity contribution in [3.8, 4) is 0 Å². The zero-order valence-electron chi connectivity index (χ0n) is 12.6. The molecule has 1 N–H and O–H groups in total. The number of halogens is 2. The van der Waals surface area contributed by atoms with Crippen LogP contribution in [-0.4, -0.2) is 31.1 Å². The molecule has 1 aliphatic heterocycles. The van der Waals surface area contributed by atoms with Gasteiger partial charge in [-0.3, -0.25) is 4.90 Å². The van der Waals surface area contributed by atoms with Crippen LogP contribution in [0.1, 0.15) is 50.2 Å². The van der Waals surface area contributed by atoms with Gasteiger partial charge in [0, 0.05) is 26.2 Å². The van der Waals surface area contributed by atoms with Crippen molar-refractivity contribution in [2.75, 3.05) is 26.2 Å². The minimum atomic E-state index is 0.